The van der Waals surface area contributed by atoms with E-state index in [-0.39, 0.29) is 17.0 Å². The summed E-state index contributed by atoms with van der Waals surface area (Å²) in [4.78, 5) is 2.60. The highest BCUT2D eigenvalue weighted by molar-refractivity contribution is 6.08. The van der Waals surface area contributed by atoms with Crippen LogP contribution in [0.4, 0.5) is 5.82 Å². The number of halogens is 1. The lowest BCUT2D eigenvalue weighted by Gasteiger charge is -2.20. The zero-order chi connectivity index (χ0) is 21.3. The van der Waals surface area contributed by atoms with Gasteiger partial charge in [-0.1, -0.05) is 97.1 Å². The predicted molar refractivity (Wildman–Crippen MR) is 133 cm³/mol. The fourth-order valence-electron chi connectivity index (χ4n) is 5.40. The average Bonchev–Trinajstić information content (AvgIpc) is 3.30. The van der Waals surface area contributed by atoms with Gasteiger partial charge in [0.2, 0.25) is 0 Å². The molecule has 33 heavy (non-hydrogen) atoms. The Balaban J connectivity index is 0.00000228. The van der Waals surface area contributed by atoms with Crippen LogP contribution in [0.5, 0.6) is 0 Å². The van der Waals surface area contributed by atoms with Gasteiger partial charge in [0.05, 0.1) is 11.9 Å². The molecule has 0 atom stereocenters. The minimum Gasteiger partial charge on any atom is -1.00 e. The van der Waals surface area contributed by atoms with E-state index < -0.39 is 0 Å². The number of para-hydroxylation sites is 1. The molecule has 0 bridgehead atoms. The molecule has 0 saturated carbocycles. The molecule has 0 aliphatic carbocycles. The Bertz CT molecular complexity index is 1340. The molecule has 6 rings (SSSR count). The van der Waals surface area contributed by atoms with Crippen LogP contribution in [-0.4, -0.2) is 13.1 Å². The molecule has 0 amide bonds. The fourth-order valence-corrected chi connectivity index (χ4v) is 5.40. The SMILES string of the molecule is [Br-].c1ccc(C(CCN2CC[n+]3c2c2ccccc2c2ccccc23)c2ccccc2)cc1. The van der Waals surface area contributed by atoms with Crippen LogP contribution in [0.3, 0.4) is 0 Å². The normalized spacial score (nSPS) is 12.8. The molecule has 0 unspecified atom stereocenters. The first-order valence-electron chi connectivity index (χ1n) is 11.6. The monoisotopic (exact) mass is 494 g/mol. The summed E-state index contributed by atoms with van der Waals surface area (Å²) >= 11 is 0. The van der Waals surface area contributed by atoms with Gasteiger partial charge in [-0.05, 0) is 29.7 Å². The van der Waals surface area contributed by atoms with E-state index in [1.54, 1.807) is 0 Å². The van der Waals surface area contributed by atoms with Crippen molar-refractivity contribution in [1.82, 2.24) is 0 Å². The molecule has 1 aromatic heterocycles. The lowest BCUT2D eigenvalue weighted by atomic mass is 9.88. The Hall–Kier alpha value is -3.17. The van der Waals surface area contributed by atoms with Gasteiger partial charge >= 0.3 is 0 Å². The number of nitrogens with zero attached hydrogens (tertiary/aromatic N) is 2. The number of hydrogen-bond acceptors (Lipinski definition) is 1. The molecule has 0 saturated heterocycles. The van der Waals surface area contributed by atoms with Crippen LogP contribution < -0.4 is 26.4 Å². The number of hydrogen-bond donors (Lipinski definition) is 0. The van der Waals surface area contributed by atoms with Gasteiger partial charge in [-0.3, -0.25) is 4.90 Å². The molecule has 164 valence electrons. The molecule has 0 radical (unpaired) electrons. The van der Waals surface area contributed by atoms with Crippen LogP contribution >= 0.6 is 0 Å². The Morgan fingerprint density at radius 2 is 1.18 bits per heavy atom. The van der Waals surface area contributed by atoms with E-state index in [2.05, 4.69) is 119 Å². The van der Waals surface area contributed by atoms with Crippen LogP contribution in [0, 0.1) is 0 Å². The second-order valence-corrected chi connectivity index (χ2v) is 8.69. The van der Waals surface area contributed by atoms with Crippen LogP contribution in [0.2, 0.25) is 0 Å². The van der Waals surface area contributed by atoms with Gasteiger partial charge in [-0.15, -0.1) is 0 Å². The maximum atomic E-state index is 2.60. The predicted octanol–water partition coefficient (Wildman–Crippen LogP) is 3.33. The lowest BCUT2D eigenvalue weighted by Crippen LogP contribution is -3.00. The third-order valence-corrected chi connectivity index (χ3v) is 6.89. The molecule has 5 aromatic rings. The first kappa shape index (κ1) is 21.7. The minimum absolute atomic E-state index is 0. The molecule has 0 N–H and O–H groups in total. The Labute approximate surface area is 205 Å². The molecule has 2 nitrogen and oxygen atoms in total. The molecule has 1 aliphatic rings. The first-order chi connectivity index (χ1) is 15.9. The number of rotatable bonds is 5. The van der Waals surface area contributed by atoms with E-state index in [0.29, 0.717) is 5.92 Å². The molecule has 3 heteroatoms. The van der Waals surface area contributed by atoms with E-state index in [0.717, 1.165) is 26.1 Å². The zero-order valence-electron chi connectivity index (χ0n) is 18.6. The highest BCUT2D eigenvalue weighted by Crippen LogP contribution is 2.34. The van der Waals surface area contributed by atoms with E-state index in [9.17, 15) is 0 Å². The van der Waals surface area contributed by atoms with Gasteiger partial charge in [-0.2, -0.15) is 0 Å². The van der Waals surface area contributed by atoms with Gasteiger partial charge < -0.3 is 17.0 Å². The van der Waals surface area contributed by atoms with Gasteiger partial charge in [0.15, 0.2) is 0 Å². The summed E-state index contributed by atoms with van der Waals surface area (Å²) in [6.07, 6.45) is 1.09. The third-order valence-electron chi connectivity index (χ3n) is 6.89. The highest BCUT2D eigenvalue weighted by Gasteiger charge is 2.32. The lowest BCUT2D eigenvalue weighted by molar-refractivity contribution is -0.643. The Morgan fingerprint density at radius 3 is 1.85 bits per heavy atom. The molecule has 4 aromatic carbocycles. The van der Waals surface area contributed by atoms with Crippen LogP contribution in [0.15, 0.2) is 109 Å². The molecular formula is C30H27BrN2. The van der Waals surface area contributed by atoms with Crippen molar-refractivity contribution < 1.29 is 21.5 Å². The first-order valence-corrected chi connectivity index (χ1v) is 11.6. The van der Waals surface area contributed by atoms with Crippen molar-refractivity contribution in [2.24, 2.45) is 0 Å². The Kier molecular flexibility index (Phi) is 6.15. The van der Waals surface area contributed by atoms with Crippen molar-refractivity contribution in [3.05, 3.63) is 120 Å². The second kappa shape index (κ2) is 9.36. The largest absolute Gasteiger partial charge is 1.00 e. The molecule has 1 aliphatic heterocycles. The summed E-state index contributed by atoms with van der Waals surface area (Å²) in [7, 11) is 0. The van der Waals surface area contributed by atoms with Gasteiger partial charge in [0.1, 0.15) is 18.6 Å². The van der Waals surface area contributed by atoms with E-state index in [1.807, 2.05) is 0 Å². The van der Waals surface area contributed by atoms with Crippen LogP contribution in [0.25, 0.3) is 21.7 Å². The number of fused-ring (bicyclic) bond motifs is 6. The fraction of sp³-hybridized carbons (Fsp3) is 0.167. The molecule has 2 heterocycles. The smallest absolute Gasteiger partial charge is 0.285 e. The third kappa shape index (κ3) is 3.91. The maximum Gasteiger partial charge on any atom is 0.285 e. The summed E-state index contributed by atoms with van der Waals surface area (Å²) in [6.45, 7) is 3.15. The average molecular weight is 495 g/mol. The standard InChI is InChI=1S/C30H27N2.BrH/c1-3-11-23(12-4-1)25(24-13-5-2-6-14-24)19-20-31-21-22-32-29-18-10-9-16-27(29)26-15-7-8-17-28(26)30(31)32;/h1-18,25H,19-22H2;1H/q+1;/p-1. The summed E-state index contributed by atoms with van der Waals surface area (Å²) in [5.41, 5.74) is 4.13. The van der Waals surface area contributed by atoms with E-state index in [4.69, 9.17) is 0 Å². The number of pyridine rings is 1. The second-order valence-electron chi connectivity index (χ2n) is 8.69. The van der Waals surface area contributed by atoms with E-state index in [1.165, 1.54) is 38.6 Å². The van der Waals surface area contributed by atoms with Crippen LogP contribution in [0.1, 0.15) is 23.5 Å². The number of anilines is 1. The zero-order valence-corrected chi connectivity index (χ0v) is 20.2. The van der Waals surface area contributed by atoms with Gasteiger partial charge in [-0.25, -0.2) is 4.57 Å². The summed E-state index contributed by atoms with van der Waals surface area (Å²) in [5.74, 6) is 1.78. The number of benzene rings is 4. The van der Waals surface area contributed by atoms with Crippen molar-refractivity contribution in [1.29, 1.82) is 0 Å². The van der Waals surface area contributed by atoms with E-state index >= 15 is 0 Å². The van der Waals surface area contributed by atoms with Crippen molar-refractivity contribution in [2.75, 3.05) is 18.0 Å². The Morgan fingerprint density at radius 1 is 0.636 bits per heavy atom. The highest BCUT2D eigenvalue weighted by atomic mass is 79.9. The molecular weight excluding hydrogens is 468 g/mol. The van der Waals surface area contributed by atoms with Crippen molar-refractivity contribution in [2.45, 2.75) is 18.9 Å². The van der Waals surface area contributed by atoms with Crippen molar-refractivity contribution >= 4 is 27.5 Å². The van der Waals surface area contributed by atoms with Crippen molar-refractivity contribution in [3.8, 4) is 0 Å². The molecule has 0 fully saturated rings. The van der Waals surface area contributed by atoms with Crippen LogP contribution in [-0.2, 0) is 6.54 Å². The molecule has 0 spiro atoms. The van der Waals surface area contributed by atoms with Gasteiger partial charge in [0, 0.05) is 16.7 Å². The summed E-state index contributed by atoms with van der Waals surface area (Å²) in [6, 6.07) is 39.7. The topological polar surface area (TPSA) is 7.12 Å². The summed E-state index contributed by atoms with van der Waals surface area (Å²) in [5, 5.41) is 4.06. The number of aromatic nitrogens is 1. The maximum absolute atomic E-state index is 2.60. The quantitative estimate of drug-likeness (QED) is 0.268. The van der Waals surface area contributed by atoms with Crippen molar-refractivity contribution in [3.63, 3.8) is 0 Å². The van der Waals surface area contributed by atoms with Gasteiger partial charge in [0.25, 0.3) is 5.82 Å². The minimum atomic E-state index is 0. The summed E-state index contributed by atoms with van der Waals surface area (Å²) < 4.78 is 2.53.